The molecule has 2 aliphatic rings. The van der Waals surface area contributed by atoms with Gasteiger partial charge in [-0.2, -0.15) is 10.4 Å². The van der Waals surface area contributed by atoms with Crippen LogP contribution >= 0.6 is 11.3 Å². The fourth-order valence-electron chi connectivity index (χ4n) is 9.86. The first-order valence-corrected chi connectivity index (χ1v) is 24.6. The lowest BCUT2D eigenvalue weighted by Gasteiger charge is -2.42. The topological polar surface area (TPSA) is 72.2 Å². The van der Waals surface area contributed by atoms with E-state index in [9.17, 15) is 4.79 Å². The van der Waals surface area contributed by atoms with Crippen molar-refractivity contribution in [3.05, 3.63) is 237 Å². The third kappa shape index (κ3) is 8.63. The molecule has 0 unspecified atom stereocenters. The van der Waals surface area contributed by atoms with Gasteiger partial charge in [0.05, 0.1) is 12.3 Å². The highest BCUT2D eigenvalue weighted by Gasteiger charge is 2.57. The lowest BCUT2D eigenvalue weighted by Crippen LogP contribution is -2.44. The van der Waals surface area contributed by atoms with Gasteiger partial charge in [0.2, 0.25) is 0 Å². The van der Waals surface area contributed by atoms with Crippen molar-refractivity contribution in [2.75, 3.05) is 36.0 Å². The number of nitrogens with zero attached hydrogens (tertiary/aromatic N) is 5. The largest absolute Gasteiger partial charge is 0.456 e. The van der Waals surface area contributed by atoms with E-state index >= 15 is 0 Å². The summed E-state index contributed by atoms with van der Waals surface area (Å²) in [5.41, 5.74) is 12.5. The van der Waals surface area contributed by atoms with Crippen LogP contribution in [0.2, 0.25) is 0 Å². The fraction of sp³-hybridized carbons (Fsp3) is 0.164. The number of fused-ring (bicyclic) bond motifs is 6. The minimum absolute atomic E-state index is 0.152. The Bertz CT molecular complexity index is 3080. The lowest BCUT2D eigenvalue weighted by atomic mass is 9.75. The Morgan fingerprint density at radius 2 is 1.04 bits per heavy atom. The van der Waals surface area contributed by atoms with Crippen LogP contribution in [0.25, 0.3) is 21.6 Å². The first-order chi connectivity index (χ1) is 33.9. The number of hydrogen-bond acceptors (Lipinski definition) is 7. The molecule has 10 rings (SSSR count). The molecule has 2 aliphatic heterocycles. The lowest BCUT2D eigenvalue weighted by molar-refractivity contribution is 0.0675. The van der Waals surface area contributed by atoms with E-state index in [1.165, 1.54) is 18.1 Å². The van der Waals surface area contributed by atoms with E-state index in [-0.39, 0.29) is 5.91 Å². The molecule has 8 aromatic rings. The van der Waals surface area contributed by atoms with Gasteiger partial charge < -0.3 is 14.5 Å². The molecule has 0 aliphatic carbocycles. The van der Waals surface area contributed by atoms with Gasteiger partial charge in [0.1, 0.15) is 17.0 Å². The van der Waals surface area contributed by atoms with Crippen LogP contribution in [0, 0.1) is 11.3 Å². The van der Waals surface area contributed by atoms with Gasteiger partial charge in [0.25, 0.3) is 5.91 Å². The first kappa shape index (κ1) is 46.1. The van der Waals surface area contributed by atoms with Crippen LogP contribution in [0.4, 0.5) is 11.4 Å². The molecule has 342 valence electrons. The minimum Gasteiger partial charge on any atom is -0.456 e. The molecule has 1 amide bonds. The van der Waals surface area contributed by atoms with Crippen LogP contribution in [0.3, 0.4) is 0 Å². The molecule has 8 heteroatoms. The van der Waals surface area contributed by atoms with Crippen molar-refractivity contribution in [3.63, 3.8) is 0 Å². The maximum absolute atomic E-state index is 14.8. The Hall–Kier alpha value is -7.99. The molecular formula is C61H55N5O2S. The van der Waals surface area contributed by atoms with E-state index in [1.807, 2.05) is 24.4 Å². The Morgan fingerprint density at radius 1 is 0.594 bits per heavy atom. The SMILES string of the molecule is CC#N.CCN(CC)c1ccc2c(c1)Oc1cc(N(CC)CC)ccc1C21c2ccccc2C(=O)N1/N=C/c1ccc(-c2ccc(C(=C(c3ccccc3)c3ccccc3)c3ccccc3)cc2)s1. The van der Waals surface area contributed by atoms with Crippen molar-refractivity contribution in [2.45, 2.75) is 40.2 Å². The van der Waals surface area contributed by atoms with Crippen LogP contribution in [0.5, 0.6) is 11.5 Å². The van der Waals surface area contributed by atoms with Crippen molar-refractivity contribution in [2.24, 2.45) is 5.10 Å². The summed E-state index contributed by atoms with van der Waals surface area (Å²) in [5.74, 6) is 1.29. The zero-order chi connectivity index (χ0) is 47.9. The molecule has 0 radical (unpaired) electrons. The number of amides is 1. The average Bonchev–Trinajstić information content (AvgIpc) is 3.97. The van der Waals surface area contributed by atoms with Gasteiger partial charge in [0.15, 0.2) is 0 Å². The van der Waals surface area contributed by atoms with E-state index in [1.54, 1.807) is 22.4 Å². The van der Waals surface area contributed by atoms with Crippen LogP contribution < -0.4 is 14.5 Å². The summed E-state index contributed by atoms with van der Waals surface area (Å²) in [5, 5.41) is 14.2. The van der Waals surface area contributed by atoms with Crippen molar-refractivity contribution in [3.8, 4) is 28.0 Å². The van der Waals surface area contributed by atoms with E-state index in [2.05, 4.69) is 207 Å². The summed E-state index contributed by atoms with van der Waals surface area (Å²) >= 11 is 1.66. The molecule has 0 N–H and O–H groups in total. The zero-order valence-electron chi connectivity index (χ0n) is 39.8. The second kappa shape index (κ2) is 20.5. The molecule has 69 heavy (non-hydrogen) atoms. The minimum atomic E-state index is -1.06. The predicted octanol–water partition coefficient (Wildman–Crippen LogP) is 14.5. The van der Waals surface area contributed by atoms with Gasteiger partial charge in [-0.05, 0) is 97.0 Å². The average molecular weight is 922 g/mol. The number of carbonyl (C=O) groups excluding carboxylic acids is 1. The van der Waals surface area contributed by atoms with Crippen LogP contribution in [-0.4, -0.2) is 43.3 Å². The molecule has 0 saturated heterocycles. The van der Waals surface area contributed by atoms with Crippen molar-refractivity contribution in [1.82, 2.24) is 5.01 Å². The molecule has 7 nitrogen and oxygen atoms in total. The highest BCUT2D eigenvalue weighted by atomic mass is 32.1. The molecule has 0 saturated carbocycles. The highest BCUT2D eigenvalue weighted by Crippen LogP contribution is 2.58. The van der Waals surface area contributed by atoms with Gasteiger partial charge in [-0.1, -0.05) is 146 Å². The highest BCUT2D eigenvalue weighted by molar-refractivity contribution is 7.17. The number of anilines is 2. The number of thiophene rings is 1. The van der Waals surface area contributed by atoms with Gasteiger partial charge >= 0.3 is 0 Å². The van der Waals surface area contributed by atoms with Gasteiger partial charge in [-0.25, -0.2) is 5.01 Å². The van der Waals surface area contributed by atoms with Crippen molar-refractivity contribution < 1.29 is 9.53 Å². The van der Waals surface area contributed by atoms with Crippen LogP contribution in [-0.2, 0) is 5.54 Å². The number of hydrazone groups is 1. The summed E-state index contributed by atoms with van der Waals surface area (Å²) in [4.78, 5) is 21.5. The monoisotopic (exact) mass is 921 g/mol. The van der Waals surface area contributed by atoms with E-state index < -0.39 is 5.54 Å². The first-order valence-electron chi connectivity index (χ1n) is 23.7. The Balaban J connectivity index is 0.00000193. The third-order valence-electron chi connectivity index (χ3n) is 13.1. The zero-order valence-corrected chi connectivity index (χ0v) is 40.6. The number of rotatable bonds is 13. The van der Waals surface area contributed by atoms with Crippen LogP contribution in [0.1, 0.15) is 88.8 Å². The molecule has 0 fully saturated rings. The summed E-state index contributed by atoms with van der Waals surface area (Å²) in [6.45, 7) is 13.5. The second-order valence-electron chi connectivity index (χ2n) is 16.8. The molecule has 3 heterocycles. The van der Waals surface area contributed by atoms with Crippen molar-refractivity contribution in [1.29, 1.82) is 5.26 Å². The standard InChI is InChI=1S/C59H52N4O2S.C2H3N/c1-5-61(6-2)46-32-35-51-53(38-46)65-54-39-47(62(7-3)8-4)33-36-52(54)59(51)50-27-19-18-26-49(50)58(64)63(59)60-40-48-34-37-55(66-48)41-28-30-45(31-29-41)57(44-24-16-11-17-25-44)56(42-20-12-9-13-21-42)43-22-14-10-15-23-43;1-2-3/h9-40H,5-8H2,1-4H3;1H3/b60-40+;. The van der Waals surface area contributed by atoms with Gasteiger partial charge in [-0.15, -0.1) is 11.3 Å². The Morgan fingerprint density at radius 3 is 1.52 bits per heavy atom. The maximum Gasteiger partial charge on any atom is 0.275 e. The number of nitriles is 1. The molecular weight excluding hydrogens is 867 g/mol. The number of carbonyl (C=O) groups is 1. The van der Waals surface area contributed by atoms with E-state index in [0.717, 1.165) is 103 Å². The Kier molecular flexibility index (Phi) is 13.7. The fourth-order valence-corrected chi connectivity index (χ4v) is 10.7. The third-order valence-corrected chi connectivity index (χ3v) is 14.1. The van der Waals surface area contributed by atoms with Crippen molar-refractivity contribution >= 4 is 46.0 Å². The summed E-state index contributed by atoms with van der Waals surface area (Å²) in [6.07, 6.45) is 1.85. The summed E-state index contributed by atoms with van der Waals surface area (Å²) in [6, 6.07) is 67.6. The number of benzene rings is 7. The van der Waals surface area contributed by atoms with Crippen LogP contribution in [0.15, 0.2) is 193 Å². The molecule has 0 atom stereocenters. The maximum atomic E-state index is 14.8. The van der Waals surface area contributed by atoms with E-state index in [4.69, 9.17) is 15.1 Å². The Labute approximate surface area is 410 Å². The second-order valence-corrected chi connectivity index (χ2v) is 17.9. The quantitative estimate of drug-likeness (QED) is 0.0851. The smallest absolute Gasteiger partial charge is 0.275 e. The van der Waals surface area contributed by atoms with E-state index in [0.29, 0.717) is 5.56 Å². The number of ether oxygens (including phenoxy) is 1. The number of hydrogen-bond donors (Lipinski definition) is 0. The van der Waals surface area contributed by atoms with Gasteiger partial charge in [0, 0.05) is 88.6 Å². The van der Waals surface area contributed by atoms with Gasteiger partial charge in [-0.3, -0.25) is 4.79 Å². The molecule has 1 spiro atoms. The normalized spacial score (nSPS) is 12.8. The summed E-state index contributed by atoms with van der Waals surface area (Å²) < 4.78 is 6.90. The molecule has 0 bridgehead atoms. The molecule has 1 aromatic heterocycles. The predicted molar refractivity (Wildman–Crippen MR) is 286 cm³/mol. The molecule has 7 aromatic carbocycles. The summed E-state index contributed by atoms with van der Waals surface area (Å²) in [7, 11) is 0.